The molecule has 1 N–H and O–H groups in total. The molecule has 1 aliphatic heterocycles. The third kappa shape index (κ3) is 3.25. The number of carbonyl (C=O) groups excluding carboxylic acids is 1. The Balaban J connectivity index is 1.90. The summed E-state index contributed by atoms with van der Waals surface area (Å²) in [5, 5.41) is 0. The fourth-order valence-corrected chi connectivity index (χ4v) is 3.91. The Morgan fingerprint density at radius 2 is 1.87 bits per heavy atom. The fraction of sp³-hybridized carbons (Fsp3) is 0.188. The van der Waals surface area contributed by atoms with Crippen LogP contribution >= 0.6 is 15.9 Å². The zero-order valence-electron chi connectivity index (χ0n) is 12.4. The topological polar surface area (TPSA) is 66.5 Å². The number of halogens is 1. The molecule has 2 aromatic rings. The zero-order chi connectivity index (χ0) is 16.6. The highest BCUT2D eigenvalue weighted by Crippen LogP contribution is 2.31. The van der Waals surface area contributed by atoms with Crippen LogP contribution in [0.15, 0.2) is 51.8 Å². The van der Waals surface area contributed by atoms with Crippen molar-refractivity contribution in [1.29, 1.82) is 0 Å². The van der Waals surface area contributed by atoms with Crippen molar-refractivity contribution in [3.8, 4) is 0 Å². The average molecular weight is 395 g/mol. The van der Waals surface area contributed by atoms with E-state index < -0.39 is 10.0 Å². The van der Waals surface area contributed by atoms with Gasteiger partial charge in [0.15, 0.2) is 0 Å². The van der Waals surface area contributed by atoms with E-state index in [0.29, 0.717) is 12.2 Å². The van der Waals surface area contributed by atoms with Gasteiger partial charge >= 0.3 is 0 Å². The minimum atomic E-state index is -3.66. The maximum atomic E-state index is 12.4. The zero-order valence-corrected chi connectivity index (χ0v) is 14.8. The second-order valence-electron chi connectivity index (χ2n) is 5.32. The highest BCUT2D eigenvalue weighted by molar-refractivity contribution is 9.10. The van der Waals surface area contributed by atoms with Crippen LogP contribution in [0.4, 0.5) is 11.4 Å². The predicted octanol–water partition coefficient (Wildman–Crippen LogP) is 3.16. The number of rotatable bonds is 3. The number of nitrogens with one attached hydrogen (secondary N) is 1. The standard InChI is InChI=1S/C16H15BrN2O3S/c1-11(20)19-9-8-12-2-5-14(10-16(12)19)18-23(21,22)15-6-3-13(17)4-7-15/h2-7,10,18H,8-9H2,1H3. The van der Waals surface area contributed by atoms with E-state index in [-0.39, 0.29) is 10.8 Å². The summed E-state index contributed by atoms with van der Waals surface area (Å²) in [6.07, 6.45) is 0.786. The molecule has 0 fully saturated rings. The van der Waals surface area contributed by atoms with Crippen LogP contribution in [0.3, 0.4) is 0 Å². The molecule has 0 spiro atoms. The summed E-state index contributed by atoms with van der Waals surface area (Å²) < 4.78 is 28.2. The lowest BCUT2D eigenvalue weighted by Gasteiger charge is -2.16. The summed E-state index contributed by atoms with van der Waals surface area (Å²) in [4.78, 5) is 13.5. The molecule has 0 saturated heterocycles. The smallest absolute Gasteiger partial charge is 0.261 e. The fourth-order valence-electron chi connectivity index (χ4n) is 2.60. The first-order valence-electron chi connectivity index (χ1n) is 7.06. The lowest BCUT2D eigenvalue weighted by atomic mass is 10.1. The summed E-state index contributed by atoms with van der Waals surface area (Å²) in [6, 6.07) is 11.7. The van der Waals surface area contributed by atoms with Crippen molar-refractivity contribution >= 4 is 43.2 Å². The molecular formula is C16H15BrN2O3S. The van der Waals surface area contributed by atoms with E-state index in [9.17, 15) is 13.2 Å². The number of hydrogen-bond donors (Lipinski definition) is 1. The average Bonchev–Trinajstić information content (AvgIpc) is 2.90. The normalized spacial score (nSPS) is 13.7. The van der Waals surface area contributed by atoms with Gasteiger partial charge in [-0.2, -0.15) is 0 Å². The Hall–Kier alpha value is -1.86. The Bertz CT molecular complexity index is 863. The van der Waals surface area contributed by atoms with Gasteiger partial charge in [0.1, 0.15) is 0 Å². The van der Waals surface area contributed by atoms with Crippen LogP contribution in [0.1, 0.15) is 12.5 Å². The van der Waals surface area contributed by atoms with E-state index in [1.165, 1.54) is 19.1 Å². The summed E-state index contributed by atoms with van der Waals surface area (Å²) in [5.41, 5.74) is 2.26. The number of hydrogen-bond acceptors (Lipinski definition) is 3. The molecule has 2 aromatic carbocycles. The number of amides is 1. The molecular weight excluding hydrogens is 380 g/mol. The molecule has 0 aliphatic carbocycles. The van der Waals surface area contributed by atoms with Gasteiger partial charge in [-0.05, 0) is 48.4 Å². The van der Waals surface area contributed by atoms with Crippen LogP contribution in [0, 0.1) is 0 Å². The lowest BCUT2D eigenvalue weighted by molar-refractivity contribution is -0.116. The maximum Gasteiger partial charge on any atom is 0.261 e. The van der Waals surface area contributed by atoms with E-state index in [1.54, 1.807) is 29.2 Å². The molecule has 1 aliphatic rings. The number of fused-ring (bicyclic) bond motifs is 1. The highest BCUT2D eigenvalue weighted by atomic mass is 79.9. The SMILES string of the molecule is CC(=O)N1CCc2ccc(NS(=O)(=O)c3ccc(Br)cc3)cc21. The minimum absolute atomic E-state index is 0.0448. The molecule has 120 valence electrons. The number of carbonyl (C=O) groups is 1. The van der Waals surface area contributed by atoms with E-state index >= 15 is 0 Å². The Kier molecular flexibility index (Phi) is 4.16. The van der Waals surface area contributed by atoms with Gasteiger partial charge in [-0.25, -0.2) is 8.42 Å². The molecule has 3 rings (SSSR count). The van der Waals surface area contributed by atoms with Crippen molar-refractivity contribution in [1.82, 2.24) is 0 Å². The molecule has 0 atom stereocenters. The largest absolute Gasteiger partial charge is 0.312 e. The summed E-state index contributed by atoms with van der Waals surface area (Å²) in [5.74, 6) is -0.0448. The van der Waals surface area contributed by atoms with Gasteiger partial charge in [-0.3, -0.25) is 9.52 Å². The molecule has 23 heavy (non-hydrogen) atoms. The molecule has 0 saturated carbocycles. The molecule has 1 heterocycles. The number of nitrogens with zero attached hydrogens (tertiary/aromatic N) is 1. The monoisotopic (exact) mass is 394 g/mol. The molecule has 1 amide bonds. The van der Waals surface area contributed by atoms with Crippen molar-refractivity contribution in [2.75, 3.05) is 16.2 Å². The van der Waals surface area contributed by atoms with Crippen molar-refractivity contribution in [2.24, 2.45) is 0 Å². The van der Waals surface area contributed by atoms with Gasteiger partial charge in [0.25, 0.3) is 10.0 Å². The highest BCUT2D eigenvalue weighted by Gasteiger charge is 2.23. The van der Waals surface area contributed by atoms with Crippen molar-refractivity contribution in [2.45, 2.75) is 18.2 Å². The maximum absolute atomic E-state index is 12.4. The second kappa shape index (κ2) is 5.98. The van der Waals surface area contributed by atoms with Crippen molar-refractivity contribution < 1.29 is 13.2 Å². The third-order valence-corrected chi connectivity index (χ3v) is 5.66. The van der Waals surface area contributed by atoms with Crippen LogP contribution in [-0.4, -0.2) is 20.9 Å². The van der Waals surface area contributed by atoms with Gasteiger partial charge in [0, 0.05) is 23.6 Å². The molecule has 0 radical (unpaired) electrons. The van der Waals surface area contributed by atoms with Crippen LogP contribution in [-0.2, 0) is 21.2 Å². The van der Waals surface area contributed by atoms with Gasteiger partial charge in [0.05, 0.1) is 10.6 Å². The number of anilines is 2. The first-order valence-corrected chi connectivity index (χ1v) is 9.34. The Morgan fingerprint density at radius 3 is 2.52 bits per heavy atom. The molecule has 0 unspecified atom stereocenters. The van der Waals surface area contributed by atoms with E-state index in [2.05, 4.69) is 20.7 Å². The first kappa shape index (κ1) is 16.0. The van der Waals surface area contributed by atoms with E-state index in [1.807, 2.05) is 6.07 Å². The summed E-state index contributed by atoms with van der Waals surface area (Å²) in [6.45, 7) is 2.14. The summed E-state index contributed by atoms with van der Waals surface area (Å²) >= 11 is 3.28. The third-order valence-electron chi connectivity index (χ3n) is 3.74. The predicted molar refractivity (Wildman–Crippen MR) is 93.1 cm³/mol. The van der Waals surface area contributed by atoms with Crippen molar-refractivity contribution in [3.05, 3.63) is 52.5 Å². The lowest BCUT2D eigenvalue weighted by Crippen LogP contribution is -2.25. The van der Waals surface area contributed by atoms with Crippen molar-refractivity contribution in [3.63, 3.8) is 0 Å². The first-order chi connectivity index (χ1) is 10.9. The quantitative estimate of drug-likeness (QED) is 0.868. The number of benzene rings is 2. The molecule has 0 bridgehead atoms. The van der Waals surface area contributed by atoms with Gasteiger partial charge < -0.3 is 4.90 Å². The van der Waals surface area contributed by atoms with Crippen LogP contribution in [0.2, 0.25) is 0 Å². The van der Waals surface area contributed by atoms with Crippen LogP contribution < -0.4 is 9.62 Å². The number of sulfonamides is 1. The van der Waals surface area contributed by atoms with E-state index in [4.69, 9.17) is 0 Å². The summed E-state index contributed by atoms with van der Waals surface area (Å²) in [7, 11) is -3.66. The molecule has 7 heteroatoms. The van der Waals surface area contributed by atoms with Crippen LogP contribution in [0.5, 0.6) is 0 Å². The Labute approximate surface area is 143 Å². The van der Waals surface area contributed by atoms with Gasteiger partial charge in [0.2, 0.25) is 5.91 Å². The molecule has 5 nitrogen and oxygen atoms in total. The minimum Gasteiger partial charge on any atom is -0.312 e. The van der Waals surface area contributed by atoms with Crippen LogP contribution in [0.25, 0.3) is 0 Å². The van der Waals surface area contributed by atoms with Gasteiger partial charge in [-0.1, -0.05) is 22.0 Å². The van der Waals surface area contributed by atoms with E-state index in [0.717, 1.165) is 22.1 Å². The van der Waals surface area contributed by atoms with Gasteiger partial charge in [-0.15, -0.1) is 0 Å². The Morgan fingerprint density at radius 1 is 1.17 bits per heavy atom. The second-order valence-corrected chi connectivity index (χ2v) is 7.92. The molecule has 0 aromatic heterocycles.